The highest BCUT2D eigenvalue weighted by atomic mass is 35.5. The van der Waals surface area contributed by atoms with Crippen molar-refractivity contribution in [3.63, 3.8) is 0 Å². The van der Waals surface area contributed by atoms with E-state index in [0.717, 1.165) is 32.1 Å². The van der Waals surface area contributed by atoms with Gasteiger partial charge < -0.3 is 10.6 Å². The van der Waals surface area contributed by atoms with Crippen LogP contribution in [0, 0.1) is 17.3 Å². The molecule has 4 aliphatic rings. The zero-order chi connectivity index (χ0) is 14.4. The second kappa shape index (κ2) is 4.90. The highest BCUT2D eigenvalue weighted by Gasteiger charge is 2.59. The molecule has 112 valence electrons. The predicted octanol–water partition coefficient (Wildman–Crippen LogP) is 1.82. The first-order valence-corrected chi connectivity index (χ1v) is 8.00. The van der Waals surface area contributed by atoms with E-state index in [1.807, 2.05) is 0 Å². The topological polar surface area (TPSA) is 58.2 Å². The zero-order valence-corrected chi connectivity index (χ0v) is 12.8. The van der Waals surface area contributed by atoms with E-state index in [-0.39, 0.29) is 22.1 Å². The Kier molecular flexibility index (Phi) is 3.47. The van der Waals surface area contributed by atoms with Crippen LogP contribution in [0.25, 0.3) is 0 Å². The Balaban J connectivity index is 1.61. The van der Waals surface area contributed by atoms with Gasteiger partial charge in [-0.05, 0) is 50.4 Å². The Morgan fingerprint density at radius 1 is 1.10 bits per heavy atom. The number of carbonyl (C=O) groups is 2. The first-order valence-electron chi connectivity index (χ1n) is 7.63. The number of carbonyl (C=O) groups excluding carboxylic acids is 2. The third-order valence-corrected chi connectivity index (χ3v) is 5.70. The minimum absolute atomic E-state index is 0.0613. The molecule has 0 unspecified atom stereocenters. The van der Waals surface area contributed by atoms with Crippen LogP contribution >= 0.6 is 11.6 Å². The minimum atomic E-state index is -0.234. The number of halogens is 1. The molecular formula is C15H23ClN2O2. The maximum absolute atomic E-state index is 12.6. The van der Waals surface area contributed by atoms with Crippen LogP contribution in [0.2, 0.25) is 0 Å². The van der Waals surface area contributed by atoms with Crippen LogP contribution < -0.4 is 10.6 Å². The van der Waals surface area contributed by atoms with Gasteiger partial charge in [-0.15, -0.1) is 11.6 Å². The molecule has 0 aromatic carbocycles. The molecule has 4 fully saturated rings. The lowest BCUT2D eigenvalue weighted by atomic mass is 9.49. The highest BCUT2D eigenvalue weighted by molar-refractivity contribution is 6.24. The van der Waals surface area contributed by atoms with Gasteiger partial charge in [0, 0.05) is 24.9 Å². The fourth-order valence-corrected chi connectivity index (χ4v) is 5.71. The van der Waals surface area contributed by atoms with Gasteiger partial charge in [0.2, 0.25) is 11.8 Å². The normalized spacial score (nSPS) is 41.5. The van der Waals surface area contributed by atoms with Gasteiger partial charge >= 0.3 is 0 Å². The van der Waals surface area contributed by atoms with E-state index < -0.39 is 0 Å². The van der Waals surface area contributed by atoms with E-state index >= 15 is 0 Å². The molecule has 0 aliphatic heterocycles. The first kappa shape index (κ1) is 14.2. The van der Waals surface area contributed by atoms with Gasteiger partial charge in [-0.1, -0.05) is 0 Å². The van der Waals surface area contributed by atoms with Crippen LogP contribution in [0.1, 0.15) is 45.4 Å². The van der Waals surface area contributed by atoms with Gasteiger partial charge in [-0.2, -0.15) is 0 Å². The zero-order valence-electron chi connectivity index (χ0n) is 12.0. The summed E-state index contributed by atoms with van der Waals surface area (Å²) in [7, 11) is 0. The van der Waals surface area contributed by atoms with Crippen molar-refractivity contribution < 1.29 is 9.59 Å². The molecule has 4 rings (SSSR count). The summed E-state index contributed by atoms with van der Waals surface area (Å²) in [6.07, 6.45) is 6.28. The fraction of sp³-hybridized carbons (Fsp3) is 0.867. The van der Waals surface area contributed by atoms with E-state index in [1.165, 1.54) is 13.3 Å². The molecule has 0 radical (unpaired) electrons. The van der Waals surface area contributed by atoms with Crippen molar-refractivity contribution in [1.82, 2.24) is 10.6 Å². The average molecular weight is 299 g/mol. The molecule has 2 N–H and O–H groups in total. The number of amides is 2. The van der Waals surface area contributed by atoms with E-state index in [2.05, 4.69) is 10.6 Å². The molecule has 0 saturated heterocycles. The van der Waals surface area contributed by atoms with Gasteiger partial charge in [0.15, 0.2) is 0 Å². The maximum Gasteiger partial charge on any atom is 0.226 e. The molecule has 0 aromatic heterocycles. The third-order valence-electron chi connectivity index (χ3n) is 5.26. The van der Waals surface area contributed by atoms with Crippen LogP contribution in [0.3, 0.4) is 0 Å². The molecule has 4 nitrogen and oxygen atoms in total. The summed E-state index contributed by atoms with van der Waals surface area (Å²) >= 11 is 6.73. The van der Waals surface area contributed by atoms with Gasteiger partial charge in [0.05, 0.1) is 5.41 Å². The molecule has 5 heteroatoms. The molecule has 4 bridgehead atoms. The monoisotopic (exact) mass is 298 g/mol. The molecule has 0 spiro atoms. The molecule has 0 aromatic rings. The number of hydrogen-bond acceptors (Lipinski definition) is 2. The van der Waals surface area contributed by atoms with Crippen LogP contribution in [-0.2, 0) is 9.59 Å². The summed E-state index contributed by atoms with van der Waals surface area (Å²) in [6, 6.07) is 0. The van der Waals surface area contributed by atoms with Crippen molar-refractivity contribution in [3.05, 3.63) is 0 Å². The van der Waals surface area contributed by atoms with E-state index in [4.69, 9.17) is 11.6 Å². The maximum atomic E-state index is 12.6. The largest absolute Gasteiger partial charge is 0.355 e. The van der Waals surface area contributed by atoms with E-state index in [1.54, 1.807) is 0 Å². The predicted molar refractivity (Wildman–Crippen MR) is 77.4 cm³/mol. The number of rotatable bonds is 4. The number of nitrogens with one attached hydrogen (secondary N) is 2. The first-order chi connectivity index (χ1) is 9.41. The van der Waals surface area contributed by atoms with Crippen molar-refractivity contribution in [2.45, 2.75) is 50.3 Å². The summed E-state index contributed by atoms with van der Waals surface area (Å²) in [5.41, 5.74) is -0.234. The number of alkyl halides is 1. The lowest BCUT2D eigenvalue weighted by molar-refractivity contribution is -0.144. The van der Waals surface area contributed by atoms with Gasteiger partial charge in [-0.25, -0.2) is 0 Å². The van der Waals surface area contributed by atoms with Crippen molar-refractivity contribution in [3.8, 4) is 0 Å². The molecule has 2 amide bonds. The van der Waals surface area contributed by atoms with Crippen LogP contribution in [0.5, 0.6) is 0 Å². The standard InChI is InChI=1S/C15H23ClN2O2/c1-10(19)17-2-3-18-13(20)14-5-11-4-12(6-14)8-15(16,7-11)9-14/h11-12H,2-9H2,1H3,(H,17,19)(H,18,20)/t11-,12-,14?,15?/m1/s1. The summed E-state index contributed by atoms with van der Waals surface area (Å²) in [5.74, 6) is 1.36. The molecule has 4 aliphatic carbocycles. The summed E-state index contributed by atoms with van der Waals surface area (Å²) in [6.45, 7) is 2.49. The average Bonchev–Trinajstić information content (AvgIpc) is 2.31. The Morgan fingerprint density at radius 2 is 1.70 bits per heavy atom. The lowest BCUT2D eigenvalue weighted by Crippen LogP contribution is -2.58. The Morgan fingerprint density at radius 3 is 2.25 bits per heavy atom. The Bertz CT molecular complexity index is 424. The SMILES string of the molecule is CC(=O)NCCNC(=O)C12C[C@H]3C[C@@H](CC(Cl)(C3)C1)C2. The van der Waals surface area contributed by atoms with Crippen molar-refractivity contribution in [2.75, 3.05) is 13.1 Å². The summed E-state index contributed by atoms with van der Waals surface area (Å²) in [5, 5.41) is 5.70. The van der Waals surface area contributed by atoms with Crippen LogP contribution in [-0.4, -0.2) is 29.8 Å². The fourth-order valence-electron chi connectivity index (χ4n) is 5.02. The lowest BCUT2D eigenvalue weighted by Gasteiger charge is -2.59. The Labute approximate surface area is 125 Å². The third kappa shape index (κ3) is 2.54. The van der Waals surface area contributed by atoms with Gasteiger partial charge in [0.25, 0.3) is 0 Å². The minimum Gasteiger partial charge on any atom is -0.355 e. The summed E-state index contributed by atoms with van der Waals surface area (Å²) in [4.78, 5) is 23.3. The highest BCUT2D eigenvalue weighted by Crippen LogP contribution is 2.63. The van der Waals surface area contributed by atoms with Crippen LogP contribution in [0.4, 0.5) is 0 Å². The second-order valence-electron chi connectivity index (χ2n) is 7.13. The van der Waals surface area contributed by atoms with E-state index in [0.29, 0.717) is 24.9 Å². The van der Waals surface area contributed by atoms with E-state index in [9.17, 15) is 9.59 Å². The summed E-state index contributed by atoms with van der Waals surface area (Å²) < 4.78 is 0. The van der Waals surface area contributed by atoms with Crippen LogP contribution in [0.15, 0.2) is 0 Å². The van der Waals surface area contributed by atoms with Crippen molar-refractivity contribution >= 4 is 23.4 Å². The van der Waals surface area contributed by atoms with Gasteiger partial charge in [0.1, 0.15) is 0 Å². The molecule has 2 atom stereocenters. The molecule has 4 saturated carbocycles. The van der Waals surface area contributed by atoms with Crippen molar-refractivity contribution in [2.24, 2.45) is 17.3 Å². The van der Waals surface area contributed by atoms with Crippen molar-refractivity contribution in [1.29, 1.82) is 0 Å². The Hall–Kier alpha value is -0.770. The molecular weight excluding hydrogens is 276 g/mol. The molecule has 0 heterocycles. The number of hydrogen-bond donors (Lipinski definition) is 2. The molecule has 20 heavy (non-hydrogen) atoms. The quantitative estimate of drug-likeness (QED) is 0.614. The second-order valence-corrected chi connectivity index (χ2v) is 7.93. The smallest absolute Gasteiger partial charge is 0.226 e. The van der Waals surface area contributed by atoms with Gasteiger partial charge in [-0.3, -0.25) is 9.59 Å².